The van der Waals surface area contributed by atoms with E-state index in [2.05, 4.69) is 5.32 Å². The smallest absolute Gasteiger partial charge is 0.252 e. The number of nitrogens with one attached hydrogen (secondary N) is 1. The Hall–Kier alpha value is -1.43. The van der Waals surface area contributed by atoms with E-state index in [0.717, 1.165) is 30.6 Å². The third kappa shape index (κ3) is 3.12. The van der Waals surface area contributed by atoms with Crippen molar-refractivity contribution in [2.45, 2.75) is 50.6 Å². The van der Waals surface area contributed by atoms with Gasteiger partial charge in [-0.2, -0.15) is 0 Å². The van der Waals surface area contributed by atoms with Crippen LogP contribution in [0.3, 0.4) is 0 Å². The quantitative estimate of drug-likeness (QED) is 0.691. The van der Waals surface area contributed by atoms with E-state index in [1.807, 2.05) is 0 Å². The SMILES string of the molecule is CN1C(=O)CC(NC(=O)CC2CCCCC2N)C1=O. The molecule has 1 heterocycles. The number of carbonyl (C=O) groups is 3. The number of nitrogens with zero attached hydrogens (tertiary/aromatic N) is 1. The Morgan fingerprint density at radius 3 is 2.63 bits per heavy atom. The van der Waals surface area contributed by atoms with Crippen LogP contribution in [0.1, 0.15) is 38.5 Å². The van der Waals surface area contributed by atoms with Crippen LogP contribution in [0.5, 0.6) is 0 Å². The molecule has 2 fully saturated rings. The molecule has 1 aliphatic carbocycles. The second-order valence-electron chi connectivity index (χ2n) is 5.53. The zero-order valence-corrected chi connectivity index (χ0v) is 11.2. The van der Waals surface area contributed by atoms with Gasteiger partial charge in [-0.3, -0.25) is 19.3 Å². The molecule has 3 unspecified atom stereocenters. The summed E-state index contributed by atoms with van der Waals surface area (Å²) in [5, 5.41) is 2.65. The zero-order valence-electron chi connectivity index (χ0n) is 11.2. The lowest BCUT2D eigenvalue weighted by atomic mass is 9.83. The van der Waals surface area contributed by atoms with Crippen molar-refractivity contribution in [1.82, 2.24) is 10.2 Å². The summed E-state index contributed by atoms with van der Waals surface area (Å²) in [6, 6.07) is -0.618. The van der Waals surface area contributed by atoms with Crippen molar-refractivity contribution in [3.8, 4) is 0 Å². The Morgan fingerprint density at radius 2 is 2.05 bits per heavy atom. The minimum Gasteiger partial charge on any atom is -0.344 e. The van der Waals surface area contributed by atoms with Gasteiger partial charge in [0.1, 0.15) is 6.04 Å². The molecule has 106 valence electrons. The highest BCUT2D eigenvalue weighted by Gasteiger charge is 2.37. The van der Waals surface area contributed by atoms with Crippen LogP contribution < -0.4 is 11.1 Å². The van der Waals surface area contributed by atoms with Crippen LogP contribution in [-0.2, 0) is 14.4 Å². The maximum Gasteiger partial charge on any atom is 0.252 e. The summed E-state index contributed by atoms with van der Waals surface area (Å²) in [7, 11) is 1.44. The molecule has 1 saturated heterocycles. The van der Waals surface area contributed by atoms with E-state index in [-0.39, 0.29) is 36.1 Å². The first-order chi connectivity index (χ1) is 8.99. The normalized spacial score (nSPS) is 31.7. The molecule has 2 aliphatic rings. The lowest BCUT2D eigenvalue weighted by molar-refractivity contribution is -0.138. The van der Waals surface area contributed by atoms with Crippen molar-refractivity contribution in [3.05, 3.63) is 0 Å². The molecule has 0 radical (unpaired) electrons. The van der Waals surface area contributed by atoms with E-state index in [1.165, 1.54) is 7.05 Å². The summed E-state index contributed by atoms with van der Waals surface area (Å²) >= 11 is 0. The molecule has 0 aromatic carbocycles. The summed E-state index contributed by atoms with van der Waals surface area (Å²) in [4.78, 5) is 36.0. The number of imide groups is 1. The van der Waals surface area contributed by atoms with Gasteiger partial charge in [-0.05, 0) is 18.8 Å². The van der Waals surface area contributed by atoms with Gasteiger partial charge in [-0.15, -0.1) is 0 Å². The number of rotatable bonds is 3. The average Bonchev–Trinajstić information content (AvgIpc) is 2.60. The molecule has 0 bridgehead atoms. The lowest BCUT2D eigenvalue weighted by Gasteiger charge is -2.28. The fraction of sp³-hybridized carbons (Fsp3) is 0.769. The Kier molecular flexibility index (Phi) is 4.19. The molecule has 3 N–H and O–H groups in total. The summed E-state index contributed by atoms with van der Waals surface area (Å²) in [5.74, 6) is -0.557. The first kappa shape index (κ1) is 14.0. The number of amides is 3. The molecule has 0 aromatic heterocycles. The van der Waals surface area contributed by atoms with E-state index >= 15 is 0 Å². The molecule has 6 nitrogen and oxygen atoms in total. The van der Waals surface area contributed by atoms with Gasteiger partial charge >= 0.3 is 0 Å². The number of likely N-dealkylation sites (N-methyl/N-ethyl adjacent to an activating group) is 1. The highest BCUT2D eigenvalue weighted by Crippen LogP contribution is 2.25. The maximum absolute atomic E-state index is 11.9. The predicted octanol–water partition coefficient (Wildman–Crippen LogP) is -0.232. The van der Waals surface area contributed by atoms with Gasteiger partial charge in [0, 0.05) is 19.5 Å². The third-order valence-electron chi connectivity index (χ3n) is 4.13. The maximum atomic E-state index is 11.9. The largest absolute Gasteiger partial charge is 0.344 e. The van der Waals surface area contributed by atoms with Gasteiger partial charge < -0.3 is 11.1 Å². The molecule has 19 heavy (non-hydrogen) atoms. The lowest BCUT2D eigenvalue weighted by Crippen LogP contribution is -2.43. The third-order valence-corrected chi connectivity index (χ3v) is 4.13. The van der Waals surface area contributed by atoms with Gasteiger partial charge in [0.15, 0.2) is 0 Å². The fourth-order valence-corrected chi connectivity index (χ4v) is 2.85. The first-order valence-electron chi connectivity index (χ1n) is 6.84. The minimum atomic E-state index is -0.690. The zero-order chi connectivity index (χ0) is 14.0. The average molecular weight is 267 g/mol. The summed E-state index contributed by atoms with van der Waals surface area (Å²) in [5.41, 5.74) is 6.00. The Balaban J connectivity index is 1.84. The molecule has 0 aromatic rings. The number of hydrogen-bond donors (Lipinski definition) is 2. The van der Waals surface area contributed by atoms with Gasteiger partial charge in [-0.1, -0.05) is 12.8 Å². The number of likely N-dealkylation sites (tertiary alicyclic amines) is 1. The number of nitrogens with two attached hydrogens (primary N) is 1. The Bertz CT molecular complexity index is 397. The topological polar surface area (TPSA) is 92.5 Å². The molecular formula is C13H21N3O3. The van der Waals surface area contributed by atoms with Crippen molar-refractivity contribution in [2.75, 3.05) is 7.05 Å². The summed E-state index contributed by atoms with van der Waals surface area (Å²) in [6.07, 6.45) is 4.57. The molecule has 2 rings (SSSR count). The number of carbonyl (C=O) groups excluding carboxylic acids is 3. The standard InChI is InChI=1S/C13H21N3O3/c1-16-12(18)7-10(13(16)19)15-11(17)6-8-4-2-3-5-9(8)14/h8-10H,2-7,14H2,1H3,(H,15,17). The second kappa shape index (κ2) is 5.69. The predicted molar refractivity (Wildman–Crippen MR) is 68.9 cm³/mol. The van der Waals surface area contributed by atoms with Crippen molar-refractivity contribution < 1.29 is 14.4 Å². The van der Waals surface area contributed by atoms with Crippen LogP contribution in [0, 0.1) is 5.92 Å². The van der Waals surface area contributed by atoms with Crippen LogP contribution in [0.25, 0.3) is 0 Å². The van der Waals surface area contributed by atoms with E-state index in [9.17, 15) is 14.4 Å². The van der Waals surface area contributed by atoms with Crippen molar-refractivity contribution in [1.29, 1.82) is 0 Å². The monoisotopic (exact) mass is 267 g/mol. The molecule has 6 heteroatoms. The molecule has 0 spiro atoms. The highest BCUT2D eigenvalue weighted by molar-refractivity contribution is 6.06. The minimum absolute atomic E-state index is 0.0673. The molecule has 3 amide bonds. The summed E-state index contributed by atoms with van der Waals surface area (Å²) < 4.78 is 0. The molecular weight excluding hydrogens is 246 g/mol. The van der Waals surface area contributed by atoms with Gasteiger partial charge in [0.25, 0.3) is 5.91 Å². The Morgan fingerprint density at radius 1 is 1.37 bits per heavy atom. The molecule has 1 aliphatic heterocycles. The second-order valence-corrected chi connectivity index (χ2v) is 5.53. The van der Waals surface area contributed by atoms with Gasteiger partial charge in [0.05, 0.1) is 6.42 Å². The van der Waals surface area contributed by atoms with Crippen LogP contribution in [0.15, 0.2) is 0 Å². The Labute approximate surface area is 112 Å². The molecule has 1 saturated carbocycles. The van der Waals surface area contributed by atoms with Gasteiger partial charge in [-0.25, -0.2) is 0 Å². The van der Waals surface area contributed by atoms with E-state index in [0.29, 0.717) is 6.42 Å². The first-order valence-corrected chi connectivity index (χ1v) is 6.84. The van der Waals surface area contributed by atoms with Crippen molar-refractivity contribution in [2.24, 2.45) is 11.7 Å². The van der Waals surface area contributed by atoms with Crippen molar-refractivity contribution in [3.63, 3.8) is 0 Å². The fourth-order valence-electron chi connectivity index (χ4n) is 2.85. The van der Waals surface area contributed by atoms with Crippen LogP contribution in [0.4, 0.5) is 0 Å². The molecule has 3 atom stereocenters. The van der Waals surface area contributed by atoms with Crippen LogP contribution in [-0.4, -0.2) is 41.8 Å². The van der Waals surface area contributed by atoms with Gasteiger partial charge in [0.2, 0.25) is 11.8 Å². The van der Waals surface area contributed by atoms with Crippen molar-refractivity contribution >= 4 is 17.7 Å². The highest BCUT2D eigenvalue weighted by atomic mass is 16.2. The van der Waals surface area contributed by atoms with E-state index in [1.54, 1.807) is 0 Å². The van der Waals surface area contributed by atoms with E-state index < -0.39 is 6.04 Å². The number of hydrogen-bond acceptors (Lipinski definition) is 4. The van der Waals surface area contributed by atoms with Crippen LogP contribution >= 0.6 is 0 Å². The van der Waals surface area contributed by atoms with Crippen LogP contribution in [0.2, 0.25) is 0 Å². The summed E-state index contributed by atoms with van der Waals surface area (Å²) in [6.45, 7) is 0. The van der Waals surface area contributed by atoms with E-state index in [4.69, 9.17) is 5.73 Å².